The molecule has 2 N–H and O–H groups in total. The van der Waals surface area contributed by atoms with Crippen LogP contribution in [0.1, 0.15) is 24.1 Å². The lowest BCUT2D eigenvalue weighted by molar-refractivity contribution is -0.0722. The molecule has 0 aromatic heterocycles. The Kier molecular flexibility index (Phi) is 3.93. The number of ether oxygens (including phenoxy) is 1. The van der Waals surface area contributed by atoms with E-state index in [-0.39, 0.29) is 5.56 Å². The molecule has 16 heavy (non-hydrogen) atoms. The summed E-state index contributed by atoms with van der Waals surface area (Å²) in [6.07, 6.45) is 0. The van der Waals surface area contributed by atoms with E-state index in [0.29, 0.717) is 0 Å². The molecule has 0 aliphatic heterocycles. The molecule has 0 aliphatic carbocycles. The summed E-state index contributed by atoms with van der Waals surface area (Å²) < 4.78 is 45.0. The maximum atomic E-state index is 13.7. The molecular weight excluding hydrogens is 219 g/mol. The standard InChI is InChI=1S/C11H14F3NO/c1-7(15)8-4-3-5-9(10(8)12)11(13,14)6-16-2/h3-5,7H,6,15H2,1-2H3/t7-/m1/s1. The molecule has 0 spiro atoms. The molecule has 0 fully saturated rings. The van der Waals surface area contributed by atoms with Gasteiger partial charge >= 0.3 is 0 Å². The third kappa shape index (κ3) is 2.54. The molecule has 90 valence electrons. The van der Waals surface area contributed by atoms with Crippen LogP contribution < -0.4 is 5.73 Å². The summed E-state index contributed by atoms with van der Waals surface area (Å²) in [4.78, 5) is 0. The van der Waals surface area contributed by atoms with Gasteiger partial charge in [0.1, 0.15) is 12.4 Å². The molecule has 2 nitrogen and oxygen atoms in total. The van der Waals surface area contributed by atoms with Gasteiger partial charge in [0.2, 0.25) is 0 Å². The Morgan fingerprint density at radius 1 is 1.44 bits per heavy atom. The summed E-state index contributed by atoms with van der Waals surface area (Å²) in [5.41, 5.74) is 4.88. The monoisotopic (exact) mass is 233 g/mol. The van der Waals surface area contributed by atoms with Gasteiger partial charge in [-0.05, 0) is 13.0 Å². The summed E-state index contributed by atoms with van der Waals surface area (Å²) in [6.45, 7) is 0.684. The highest BCUT2D eigenvalue weighted by Crippen LogP contribution is 2.32. The second-order valence-electron chi connectivity index (χ2n) is 3.63. The van der Waals surface area contributed by atoms with Gasteiger partial charge in [0.25, 0.3) is 5.92 Å². The molecule has 0 aliphatic rings. The predicted molar refractivity (Wildman–Crippen MR) is 54.8 cm³/mol. The highest BCUT2D eigenvalue weighted by molar-refractivity contribution is 5.31. The minimum Gasteiger partial charge on any atom is -0.378 e. The van der Waals surface area contributed by atoms with E-state index < -0.39 is 30.0 Å². The van der Waals surface area contributed by atoms with Crippen LogP contribution in [-0.4, -0.2) is 13.7 Å². The van der Waals surface area contributed by atoms with Gasteiger partial charge in [0.05, 0.1) is 5.56 Å². The number of halogens is 3. The lowest BCUT2D eigenvalue weighted by Crippen LogP contribution is -2.23. The van der Waals surface area contributed by atoms with Gasteiger partial charge in [-0.1, -0.05) is 12.1 Å². The Morgan fingerprint density at radius 2 is 2.06 bits per heavy atom. The molecule has 0 unspecified atom stereocenters. The number of alkyl halides is 2. The normalized spacial score (nSPS) is 13.9. The molecule has 0 saturated heterocycles. The minimum atomic E-state index is -3.34. The quantitative estimate of drug-likeness (QED) is 0.867. The largest absolute Gasteiger partial charge is 0.378 e. The topological polar surface area (TPSA) is 35.2 Å². The third-order valence-electron chi connectivity index (χ3n) is 2.24. The number of hydrogen-bond donors (Lipinski definition) is 1. The van der Waals surface area contributed by atoms with Crippen molar-refractivity contribution in [3.63, 3.8) is 0 Å². The Bertz CT molecular complexity index is 366. The molecule has 5 heteroatoms. The van der Waals surface area contributed by atoms with Gasteiger partial charge in [0.15, 0.2) is 0 Å². The van der Waals surface area contributed by atoms with Gasteiger partial charge in [-0.25, -0.2) is 4.39 Å². The van der Waals surface area contributed by atoms with Gasteiger partial charge in [0, 0.05) is 18.7 Å². The lowest BCUT2D eigenvalue weighted by atomic mass is 10.0. The van der Waals surface area contributed by atoms with Crippen molar-refractivity contribution in [3.05, 3.63) is 35.1 Å². The molecule has 0 heterocycles. The number of nitrogens with two attached hydrogens (primary N) is 1. The predicted octanol–water partition coefficient (Wildman–Crippen LogP) is 2.58. The first-order chi connectivity index (χ1) is 7.40. The molecule has 0 amide bonds. The zero-order chi connectivity index (χ0) is 12.3. The SMILES string of the molecule is COCC(F)(F)c1cccc([C@@H](C)N)c1F. The fourth-order valence-electron chi connectivity index (χ4n) is 1.44. The van der Waals surface area contributed by atoms with Crippen LogP contribution in [0.15, 0.2) is 18.2 Å². The van der Waals surface area contributed by atoms with Crippen molar-refractivity contribution in [2.24, 2.45) is 5.73 Å². The van der Waals surface area contributed by atoms with Crippen LogP contribution in [-0.2, 0) is 10.7 Å². The summed E-state index contributed by atoms with van der Waals surface area (Å²) in [7, 11) is 1.14. The molecule has 1 aromatic carbocycles. The number of rotatable bonds is 4. The van der Waals surface area contributed by atoms with Crippen molar-refractivity contribution in [3.8, 4) is 0 Å². The summed E-state index contributed by atoms with van der Waals surface area (Å²) in [6, 6.07) is 3.17. The average molecular weight is 233 g/mol. The van der Waals surface area contributed by atoms with Crippen LogP contribution >= 0.6 is 0 Å². The van der Waals surface area contributed by atoms with Crippen molar-refractivity contribution in [2.75, 3.05) is 13.7 Å². The van der Waals surface area contributed by atoms with Crippen LogP contribution in [0, 0.1) is 5.82 Å². The van der Waals surface area contributed by atoms with Crippen molar-refractivity contribution in [1.82, 2.24) is 0 Å². The molecular formula is C11H14F3NO. The van der Waals surface area contributed by atoms with Crippen LogP contribution in [0.2, 0.25) is 0 Å². The van der Waals surface area contributed by atoms with Crippen molar-refractivity contribution >= 4 is 0 Å². The maximum Gasteiger partial charge on any atom is 0.298 e. The first-order valence-corrected chi connectivity index (χ1v) is 4.81. The van der Waals surface area contributed by atoms with Crippen LogP contribution in [0.3, 0.4) is 0 Å². The second-order valence-corrected chi connectivity index (χ2v) is 3.63. The Labute approximate surface area is 92.2 Å². The van der Waals surface area contributed by atoms with Crippen LogP contribution in [0.4, 0.5) is 13.2 Å². The highest BCUT2D eigenvalue weighted by atomic mass is 19.3. The van der Waals surface area contributed by atoms with Gasteiger partial charge in [-0.2, -0.15) is 8.78 Å². The minimum absolute atomic E-state index is 0.0771. The fourth-order valence-corrected chi connectivity index (χ4v) is 1.44. The number of methoxy groups -OCH3 is 1. The van der Waals surface area contributed by atoms with E-state index in [1.54, 1.807) is 0 Å². The van der Waals surface area contributed by atoms with E-state index in [1.165, 1.54) is 19.1 Å². The van der Waals surface area contributed by atoms with E-state index >= 15 is 0 Å². The number of hydrogen-bond acceptors (Lipinski definition) is 2. The molecule has 1 atom stereocenters. The molecule has 0 saturated carbocycles. The first-order valence-electron chi connectivity index (χ1n) is 4.81. The Balaban J connectivity index is 3.20. The summed E-state index contributed by atoms with van der Waals surface area (Å²) in [5.74, 6) is -4.30. The van der Waals surface area contributed by atoms with Crippen molar-refractivity contribution in [2.45, 2.75) is 18.9 Å². The summed E-state index contributed by atoms with van der Waals surface area (Å²) in [5, 5.41) is 0. The van der Waals surface area contributed by atoms with Gasteiger partial charge in [-0.15, -0.1) is 0 Å². The van der Waals surface area contributed by atoms with Crippen molar-refractivity contribution < 1.29 is 17.9 Å². The zero-order valence-corrected chi connectivity index (χ0v) is 9.14. The van der Waals surface area contributed by atoms with E-state index in [1.807, 2.05) is 0 Å². The maximum absolute atomic E-state index is 13.7. The summed E-state index contributed by atoms with van der Waals surface area (Å²) >= 11 is 0. The highest BCUT2D eigenvalue weighted by Gasteiger charge is 2.35. The van der Waals surface area contributed by atoms with E-state index in [4.69, 9.17) is 5.73 Å². The fraction of sp³-hybridized carbons (Fsp3) is 0.455. The average Bonchev–Trinajstić information content (AvgIpc) is 2.17. The smallest absolute Gasteiger partial charge is 0.298 e. The molecule has 0 bridgehead atoms. The Hall–Kier alpha value is -1.07. The molecule has 0 radical (unpaired) electrons. The third-order valence-corrected chi connectivity index (χ3v) is 2.24. The second kappa shape index (κ2) is 4.84. The lowest BCUT2D eigenvalue weighted by Gasteiger charge is -2.18. The van der Waals surface area contributed by atoms with E-state index in [2.05, 4.69) is 4.74 Å². The van der Waals surface area contributed by atoms with Crippen LogP contribution in [0.25, 0.3) is 0 Å². The van der Waals surface area contributed by atoms with Crippen LogP contribution in [0.5, 0.6) is 0 Å². The zero-order valence-electron chi connectivity index (χ0n) is 9.14. The molecule has 1 rings (SSSR count). The van der Waals surface area contributed by atoms with Crippen molar-refractivity contribution in [1.29, 1.82) is 0 Å². The Morgan fingerprint density at radius 3 is 2.56 bits per heavy atom. The first kappa shape index (κ1) is 13.0. The van der Waals surface area contributed by atoms with Gasteiger partial charge < -0.3 is 10.5 Å². The molecule has 1 aromatic rings. The van der Waals surface area contributed by atoms with Gasteiger partial charge in [-0.3, -0.25) is 0 Å². The number of benzene rings is 1. The van der Waals surface area contributed by atoms with E-state index in [9.17, 15) is 13.2 Å². The van der Waals surface area contributed by atoms with E-state index in [0.717, 1.165) is 13.2 Å².